The Bertz CT molecular complexity index is 1030. The van der Waals surface area contributed by atoms with Gasteiger partial charge in [0.25, 0.3) is 11.8 Å². The molecule has 148 valence electrons. The van der Waals surface area contributed by atoms with Crippen molar-refractivity contribution in [3.63, 3.8) is 0 Å². The molecule has 3 N–H and O–H groups in total. The van der Waals surface area contributed by atoms with Crippen LogP contribution in [-0.2, 0) is 0 Å². The number of anilines is 2. The van der Waals surface area contributed by atoms with Crippen molar-refractivity contribution in [3.8, 4) is 5.75 Å². The third kappa shape index (κ3) is 5.20. The molecule has 0 spiro atoms. The highest BCUT2D eigenvalue weighted by Gasteiger charge is 2.13. The van der Waals surface area contributed by atoms with Gasteiger partial charge in [-0.1, -0.05) is 17.7 Å². The molecule has 0 aliphatic carbocycles. The van der Waals surface area contributed by atoms with Crippen LogP contribution in [0.1, 0.15) is 26.5 Å². The molecule has 8 heteroatoms. The van der Waals surface area contributed by atoms with Crippen molar-refractivity contribution in [1.29, 1.82) is 0 Å². The largest absolute Gasteiger partial charge is 0.494 e. The molecule has 3 aromatic rings. The first kappa shape index (κ1) is 20.1. The molecule has 3 rings (SSSR count). The Hall–Kier alpha value is -3.65. The molecule has 2 aromatic carbocycles. The summed E-state index contributed by atoms with van der Waals surface area (Å²) in [5.41, 5.74) is 2.63. The number of benzene rings is 2. The lowest BCUT2D eigenvalue weighted by atomic mass is 10.1. The van der Waals surface area contributed by atoms with E-state index in [0.29, 0.717) is 22.7 Å². The Labute approximate surface area is 173 Å². The number of ether oxygens (including phenoxy) is 1. The summed E-state index contributed by atoms with van der Waals surface area (Å²) in [6.07, 6.45) is 1.42. The van der Waals surface area contributed by atoms with Gasteiger partial charge in [-0.25, -0.2) is 0 Å². The third-order valence-electron chi connectivity index (χ3n) is 3.99. The van der Waals surface area contributed by atoms with Gasteiger partial charge >= 0.3 is 0 Å². The van der Waals surface area contributed by atoms with E-state index in [0.717, 1.165) is 5.56 Å². The molecule has 0 unspecified atom stereocenters. The first-order valence-electron chi connectivity index (χ1n) is 8.68. The van der Waals surface area contributed by atoms with Gasteiger partial charge in [0.05, 0.1) is 19.1 Å². The van der Waals surface area contributed by atoms with Gasteiger partial charge in [0, 0.05) is 17.3 Å². The molecule has 0 fully saturated rings. The number of hydrogen-bond donors (Lipinski definition) is 3. The molecule has 0 saturated carbocycles. The van der Waals surface area contributed by atoms with E-state index in [1.807, 2.05) is 19.1 Å². The number of hydrogen-bond acceptors (Lipinski definition) is 5. The number of thiocarbonyl (C=S) groups is 1. The molecule has 0 aliphatic heterocycles. The molecule has 29 heavy (non-hydrogen) atoms. The Morgan fingerprint density at radius 3 is 2.41 bits per heavy atom. The smallest absolute Gasteiger partial charge is 0.291 e. The van der Waals surface area contributed by atoms with Crippen molar-refractivity contribution in [2.75, 3.05) is 17.7 Å². The van der Waals surface area contributed by atoms with E-state index in [-0.39, 0.29) is 16.8 Å². The van der Waals surface area contributed by atoms with E-state index >= 15 is 0 Å². The number of carbonyl (C=O) groups is 2. The molecule has 1 heterocycles. The second-order valence-electron chi connectivity index (χ2n) is 6.12. The molecule has 0 atom stereocenters. The summed E-state index contributed by atoms with van der Waals surface area (Å²) in [4.78, 5) is 24.4. The van der Waals surface area contributed by atoms with Crippen LogP contribution in [-0.4, -0.2) is 24.0 Å². The maximum Gasteiger partial charge on any atom is 0.291 e. The van der Waals surface area contributed by atoms with Crippen LogP contribution in [0.15, 0.2) is 65.3 Å². The van der Waals surface area contributed by atoms with E-state index in [4.69, 9.17) is 21.4 Å². The van der Waals surface area contributed by atoms with Gasteiger partial charge in [-0.2, -0.15) is 0 Å². The molecule has 0 radical (unpaired) electrons. The molecule has 0 aliphatic rings. The van der Waals surface area contributed by atoms with Crippen molar-refractivity contribution in [2.24, 2.45) is 0 Å². The van der Waals surface area contributed by atoms with Crippen LogP contribution < -0.4 is 20.7 Å². The predicted molar refractivity (Wildman–Crippen MR) is 115 cm³/mol. The number of amides is 2. The lowest BCUT2D eigenvalue weighted by Crippen LogP contribution is -2.34. The average Bonchev–Trinajstić information content (AvgIpc) is 3.24. The van der Waals surface area contributed by atoms with Crippen molar-refractivity contribution in [1.82, 2.24) is 5.32 Å². The zero-order valence-corrected chi connectivity index (χ0v) is 16.6. The van der Waals surface area contributed by atoms with Crippen molar-refractivity contribution >= 4 is 40.5 Å². The van der Waals surface area contributed by atoms with Gasteiger partial charge in [0.15, 0.2) is 10.9 Å². The Balaban J connectivity index is 1.64. The minimum Gasteiger partial charge on any atom is -0.494 e. The molecule has 0 saturated heterocycles. The van der Waals surface area contributed by atoms with Crippen LogP contribution in [0.5, 0.6) is 5.75 Å². The van der Waals surface area contributed by atoms with Crippen LogP contribution >= 0.6 is 12.2 Å². The zero-order chi connectivity index (χ0) is 20.8. The van der Waals surface area contributed by atoms with Crippen LogP contribution in [0.4, 0.5) is 11.4 Å². The fourth-order valence-electron chi connectivity index (χ4n) is 2.51. The third-order valence-corrected chi connectivity index (χ3v) is 4.20. The first-order chi connectivity index (χ1) is 14.0. The number of furan rings is 1. The Morgan fingerprint density at radius 1 is 1.00 bits per heavy atom. The minimum atomic E-state index is -0.394. The fourth-order valence-corrected chi connectivity index (χ4v) is 2.72. The average molecular weight is 409 g/mol. The normalized spacial score (nSPS) is 10.1. The standard InChI is InChI=1S/C21H19N3O4S/c1-13-5-7-14(8-6-13)19(25)24-21(29)22-15-9-10-16(18(12-15)27-2)23-20(26)17-4-3-11-28-17/h3-12H,1-2H3,(H,23,26)(H2,22,24,25,29). The van der Waals surface area contributed by atoms with E-state index < -0.39 is 5.91 Å². The second kappa shape index (κ2) is 9.03. The molecule has 0 bridgehead atoms. The summed E-state index contributed by atoms with van der Waals surface area (Å²) in [5.74, 6) is -0.0940. The van der Waals surface area contributed by atoms with Crippen molar-refractivity contribution in [3.05, 3.63) is 77.7 Å². The van der Waals surface area contributed by atoms with Gasteiger partial charge in [-0.05, 0) is 55.5 Å². The number of aryl methyl sites for hydroxylation is 1. The maximum atomic E-state index is 12.2. The van der Waals surface area contributed by atoms with Gasteiger partial charge in [0.1, 0.15) is 5.75 Å². The summed E-state index contributed by atoms with van der Waals surface area (Å²) in [5, 5.41) is 8.41. The van der Waals surface area contributed by atoms with Crippen LogP contribution in [0.3, 0.4) is 0 Å². The van der Waals surface area contributed by atoms with E-state index in [1.165, 1.54) is 13.4 Å². The van der Waals surface area contributed by atoms with Crippen LogP contribution in [0, 0.1) is 6.92 Å². The molecular formula is C21H19N3O4S. The molecule has 1 aromatic heterocycles. The highest BCUT2D eigenvalue weighted by Crippen LogP contribution is 2.28. The molecular weight excluding hydrogens is 390 g/mol. The maximum absolute atomic E-state index is 12.2. The number of carbonyl (C=O) groups excluding carboxylic acids is 2. The zero-order valence-electron chi connectivity index (χ0n) is 15.8. The second-order valence-corrected chi connectivity index (χ2v) is 6.53. The highest BCUT2D eigenvalue weighted by molar-refractivity contribution is 7.80. The van der Waals surface area contributed by atoms with Gasteiger partial charge in [0.2, 0.25) is 0 Å². The quantitative estimate of drug-likeness (QED) is 0.552. The molecule has 2 amide bonds. The summed E-state index contributed by atoms with van der Waals surface area (Å²) in [6, 6.07) is 15.4. The summed E-state index contributed by atoms with van der Waals surface area (Å²) >= 11 is 5.21. The van der Waals surface area contributed by atoms with Gasteiger partial charge in [-0.3, -0.25) is 14.9 Å². The van der Waals surface area contributed by atoms with Gasteiger partial charge < -0.3 is 19.8 Å². The summed E-state index contributed by atoms with van der Waals surface area (Å²) in [6.45, 7) is 1.95. The number of nitrogens with one attached hydrogen (secondary N) is 3. The predicted octanol–water partition coefficient (Wildman–Crippen LogP) is 3.98. The first-order valence-corrected chi connectivity index (χ1v) is 9.09. The van der Waals surface area contributed by atoms with Crippen molar-refractivity contribution in [2.45, 2.75) is 6.92 Å². The fraction of sp³-hybridized carbons (Fsp3) is 0.0952. The van der Waals surface area contributed by atoms with Crippen LogP contribution in [0.25, 0.3) is 0 Å². The number of methoxy groups -OCH3 is 1. The highest BCUT2D eigenvalue weighted by atomic mass is 32.1. The van der Waals surface area contributed by atoms with Gasteiger partial charge in [-0.15, -0.1) is 0 Å². The van der Waals surface area contributed by atoms with Crippen LogP contribution in [0.2, 0.25) is 0 Å². The van der Waals surface area contributed by atoms with Crippen molar-refractivity contribution < 1.29 is 18.7 Å². The topological polar surface area (TPSA) is 92.6 Å². The Morgan fingerprint density at radius 2 is 1.76 bits per heavy atom. The Kier molecular flexibility index (Phi) is 6.25. The monoisotopic (exact) mass is 409 g/mol. The summed E-state index contributed by atoms with van der Waals surface area (Å²) < 4.78 is 10.4. The lowest BCUT2D eigenvalue weighted by Gasteiger charge is -2.13. The minimum absolute atomic E-state index is 0.144. The van der Waals surface area contributed by atoms with E-state index in [1.54, 1.807) is 42.5 Å². The molecule has 7 nitrogen and oxygen atoms in total. The van der Waals surface area contributed by atoms with E-state index in [2.05, 4.69) is 16.0 Å². The SMILES string of the molecule is COc1cc(NC(=S)NC(=O)c2ccc(C)cc2)ccc1NC(=O)c1ccco1. The van der Waals surface area contributed by atoms with E-state index in [9.17, 15) is 9.59 Å². The summed E-state index contributed by atoms with van der Waals surface area (Å²) in [7, 11) is 1.49. The lowest BCUT2D eigenvalue weighted by molar-refractivity contribution is 0.0975. The number of rotatable bonds is 5.